The third kappa shape index (κ3) is 3.76. The van der Waals surface area contributed by atoms with Crippen molar-refractivity contribution in [1.29, 1.82) is 0 Å². The number of benzene rings is 2. The largest absolute Gasteiger partial charge is 0.451 e. The molecule has 2 nitrogen and oxygen atoms in total. The zero-order valence-electron chi connectivity index (χ0n) is 11.6. The van der Waals surface area contributed by atoms with Crippen molar-refractivity contribution in [2.24, 2.45) is 5.73 Å². The molecule has 0 aromatic heterocycles. The lowest BCUT2D eigenvalue weighted by Gasteiger charge is -2.15. The topological polar surface area (TPSA) is 35.2 Å². The Morgan fingerprint density at radius 3 is 2.57 bits per heavy atom. The van der Waals surface area contributed by atoms with Crippen molar-refractivity contribution in [1.82, 2.24) is 0 Å². The average molecular weight is 295 g/mol. The summed E-state index contributed by atoms with van der Waals surface area (Å²) in [5.74, 6) is -2.53. The second-order valence-electron chi connectivity index (χ2n) is 4.78. The summed E-state index contributed by atoms with van der Waals surface area (Å²) in [5, 5.41) is 0. The highest BCUT2D eigenvalue weighted by Crippen LogP contribution is 2.31. The van der Waals surface area contributed by atoms with Crippen molar-refractivity contribution in [3.8, 4) is 11.5 Å². The highest BCUT2D eigenvalue weighted by molar-refractivity contribution is 5.40. The van der Waals surface area contributed by atoms with E-state index in [1.165, 1.54) is 12.1 Å². The van der Waals surface area contributed by atoms with Crippen LogP contribution in [0.5, 0.6) is 11.5 Å². The van der Waals surface area contributed by atoms with Gasteiger partial charge in [-0.3, -0.25) is 0 Å². The Bertz CT molecular complexity index is 631. The SMILES string of the molecule is CCC(N)Cc1cccc(F)c1Oc1cc(F)ccc1F. The number of rotatable bonds is 5. The maximum Gasteiger partial charge on any atom is 0.166 e. The van der Waals surface area contributed by atoms with E-state index in [0.29, 0.717) is 18.4 Å². The molecule has 0 aliphatic carbocycles. The molecule has 0 bridgehead atoms. The molecule has 5 heteroatoms. The van der Waals surface area contributed by atoms with Gasteiger partial charge in [0.05, 0.1) is 0 Å². The van der Waals surface area contributed by atoms with Gasteiger partial charge in [-0.15, -0.1) is 0 Å². The zero-order chi connectivity index (χ0) is 15.4. The van der Waals surface area contributed by atoms with Crippen LogP contribution in [-0.2, 0) is 6.42 Å². The maximum atomic E-state index is 13.9. The normalized spacial score (nSPS) is 12.2. The van der Waals surface area contributed by atoms with Gasteiger partial charge in [0, 0.05) is 12.1 Å². The van der Waals surface area contributed by atoms with Gasteiger partial charge >= 0.3 is 0 Å². The molecule has 0 amide bonds. The van der Waals surface area contributed by atoms with E-state index in [-0.39, 0.29) is 17.5 Å². The van der Waals surface area contributed by atoms with Gasteiger partial charge in [0.25, 0.3) is 0 Å². The first-order valence-electron chi connectivity index (χ1n) is 6.67. The Balaban J connectivity index is 2.36. The van der Waals surface area contributed by atoms with E-state index in [2.05, 4.69) is 0 Å². The first-order chi connectivity index (χ1) is 10.0. The van der Waals surface area contributed by atoms with E-state index in [9.17, 15) is 13.2 Å². The first kappa shape index (κ1) is 15.4. The minimum Gasteiger partial charge on any atom is -0.451 e. The second kappa shape index (κ2) is 6.63. The molecule has 2 aromatic rings. The van der Waals surface area contributed by atoms with E-state index in [1.54, 1.807) is 6.07 Å². The molecule has 0 heterocycles. The van der Waals surface area contributed by atoms with Gasteiger partial charge in [-0.05, 0) is 36.6 Å². The van der Waals surface area contributed by atoms with Crippen molar-refractivity contribution in [2.45, 2.75) is 25.8 Å². The Labute approximate surface area is 121 Å². The van der Waals surface area contributed by atoms with E-state index < -0.39 is 17.5 Å². The molecule has 2 rings (SSSR count). The summed E-state index contributed by atoms with van der Waals surface area (Å²) < 4.78 is 46.0. The fourth-order valence-electron chi connectivity index (χ4n) is 1.92. The molecule has 0 radical (unpaired) electrons. The molecule has 112 valence electrons. The predicted molar refractivity (Wildman–Crippen MR) is 74.8 cm³/mol. The minimum absolute atomic E-state index is 0.120. The molecule has 2 aromatic carbocycles. The third-order valence-corrected chi connectivity index (χ3v) is 3.16. The fourth-order valence-corrected chi connectivity index (χ4v) is 1.92. The highest BCUT2D eigenvalue weighted by atomic mass is 19.1. The Morgan fingerprint density at radius 2 is 1.86 bits per heavy atom. The lowest BCUT2D eigenvalue weighted by Crippen LogP contribution is -2.21. The quantitative estimate of drug-likeness (QED) is 0.898. The molecule has 1 atom stereocenters. The summed E-state index contributed by atoms with van der Waals surface area (Å²) in [4.78, 5) is 0. The lowest BCUT2D eigenvalue weighted by molar-refractivity contribution is 0.404. The van der Waals surface area contributed by atoms with Crippen LogP contribution in [0, 0.1) is 17.5 Å². The number of hydrogen-bond donors (Lipinski definition) is 1. The number of hydrogen-bond acceptors (Lipinski definition) is 2. The maximum absolute atomic E-state index is 13.9. The van der Waals surface area contributed by atoms with Crippen LogP contribution in [0.1, 0.15) is 18.9 Å². The van der Waals surface area contributed by atoms with Crippen molar-refractivity contribution < 1.29 is 17.9 Å². The van der Waals surface area contributed by atoms with Crippen LogP contribution in [0.25, 0.3) is 0 Å². The molecule has 0 spiro atoms. The van der Waals surface area contributed by atoms with Crippen LogP contribution in [0.2, 0.25) is 0 Å². The molecule has 0 saturated heterocycles. The Hall–Kier alpha value is -2.01. The van der Waals surface area contributed by atoms with Crippen LogP contribution in [0.15, 0.2) is 36.4 Å². The van der Waals surface area contributed by atoms with E-state index in [4.69, 9.17) is 10.5 Å². The third-order valence-electron chi connectivity index (χ3n) is 3.16. The number of halogens is 3. The first-order valence-corrected chi connectivity index (χ1v) is 6.67. The molecule has 0 saturated carbocycles. The van der Waals surface area contributed by atoms with Crippen molar-refractivity contribution in [3.63, 3.8) is 0 Å². The Morgan fingerprint density at radius 1 is 1.10 bits per heavy atom. The fraction of sp³-hybridized carbons (Fsp3) is 0.250. The molecular weight excluding hydrogens is 279 g/mol. The van der Waals surface area contributed by atoms with E-state index in [1.807, 2.05) is 6.92 Å². The van der Waals surface area contributed by atoms with Crippen LogP contribution in [0.3, 0.4) is 0 Å². The van der Waals surface area contributed by atoms with Gasteiger partial charge < -0.3 is 10.5 Å². The molecule has 0 fully saturated rings. The molecule has 21 heavy (non-hydrogen) atoms. The molecule has 0 aliphatic rings. The van der Waals surface area contributed by atoms with E-state index in [0.717, 1.165) is 18.2 Å². The summed E-state index contributed by atoms with van der Waals surface area (Å²) in [7, 11) is 0. The number of para-hydroxylation sites is 1. The van der Waals surface area contributed by atoms with Crippen molar-refractivity contribution in [3.05, 3.63) is 59.4 Å². The summed E-state index contributed by atoms with van der Waals surface area (Å²) >= 11 is 0. The number of ether oxygens (including phenoxy) is 1. The van der Waals surface area contributed by atoms with Crippen LogP contribution >= 0.6 is 0 Å². The van der Waals surface area contributed by atoms with Gasteiger partial charge in [-0.2, -0.15) is 0 Å². The molecule has 0 aliphatic heterocycles. The average Bonchev–Trinajstić information content (AvgIpc) is 2.46. The van der Waals surface area contributed by atoms with Crippen molar-refractivity contribution in [2.75, 3.05) is 0 Å². The van der Waals surface area contributed by atoms with Gasteiger partial charge in [0.1, 0.15) is 5.82 Å². The summed E-state index contributed by atoms with van der Waals surface area (Å²) in [6.07, 6.45) is 1.10. The highest BCUT2D eigenvalue weighted by Gasteiger charge is 2.15. The summed E-state index contributed by atoms with van der Waals surface area (Å²) in [5.41, 5.74) is 6.38. The van der Waals surface area contributed by atoms with Crippen LogP contribution in [0.4, 0.5) is 13.2 Å². The minimum atomic E-state index is -0.759. The predicted octanol–water partition coefficient (Wildman–Crippen LogP) is 4.18. The van der Waals surface area contributed by atoms with E-state index >= 15 is 0 Å². The van der Waals surface area contributed by atoms with Crippen LogP contribution in [-0.4, -0.2) is 6.04 Å². The summed E-state index contributed by atoms with van der Waals surface area (Å²) in [6.45, 7) is 1.91. The smallest absolute Gasteiger partial charge is 0.166 e. The van der Waals surface area contributed by atoms with Gasteiger partial charge in [-0.25, -0.2) is 13.2 Å². The number of nitrogens with two attached hydrogens (primary N) is 1. The summed E-state index contributed by atoms with van der Waals surface area (Å²) in [6, 6.07) is 7.01. The monoisotopic (exact) mass is 295 g/mol. The van der Waals surface area contributed by atoms with Crippen molar-refractivity contribution >= 4 is 0 Å². The standard InChI is InChI=1S/C16H16F3NO/c1-2-12(20)8-10-4-3-5-14(19)16(10)21-15-9-11(17)6-7-13(15)18/h3-7,9,12H,2,8,20H2,1H3. The molecular formula is C16H16F3NO. The van der Waals surface area contributed by atoms with Crippen LogP contribution < -0.4 is 10.5 Å². The van der Waals surface area contributed by atoms with Gasteiger partial charge in [0.15, 0.2) is 23.1 Å². The zero-order valence-corrected chi connectivity index (χ0v) is 11.6. The van der Waals surface area contributed by atoms with Gasteiger partial charge in [0.2, 0.25) is 0 Å². The second-order valence-corrected chi connectivity index (χ2v) is 4.78. The lowest BCUT2D eigenvalue weighted by atomic mass is 10.0. The molecule has 1 unspecified atom stereocenters. The molecule has 2 N–H and O–H groups in total. The van der Waals surface area contributed by atoms with Gasteiger partial charge in [-0.1, -0.05) is 19.1 Å². The Kier molecular flexibility index (Phi) is 4.85.